The predicted molar refractivity (Wildman–Crippen MR) is 77.6 cm³/mol. The Labute approximate surface area is 119 Å². The first-order chi connectivity index (χ1) is 9.56. The van der Waals surface area contributed by atoms with Gasteiger partial charge in [0.05, 0.1) is 0 Å². The van der Waals surface area contributed by atoms with Crippen molar-refractivity contribution in [3.63, 3.8) is 0 Å². The number of hydrogen-bond acceptors (Lipinski definition) is 2. The van der Waals surface area contributed by atoms with E-state index in [1.807, 2.05) is 26.0 Å². The number of carbonyl (C=O) groups is 2. The van der Waals surface area contributed by atoms with E-state index in [1.54, 1.807) is 9.80 Å². The molecule has 0 radical (unpaired) electrons. The smallest absolute Gasteiger partial charge is 0.249 e. The van der Waals surface area contributed by atoms with Crippen molar-refractivity contribution in [3.05, 3.63) is 29.3 Å². The molecule has 2 amide bonds. The van der Waals surface area contributed by atoms with E-state index in [-0.39, 0.29) is 17.9 Å². The Bertz CT molecular complexity index is 547. The highest BCUT2D eigenvalue weighted by Crippen LogP contribution is 2.27. The van der Waals surface area contributed by atoms with Crippen LogP contribution in [0.15, 0.2) is 18.2 Å². The maximum atomic E-state index is 12.7. The van der Waals surface area contributed by atoms with E-state index in [4.69, 9.17) is 0 Å². The molecule has 2 aliphatic rings. The third kappa shape index (κ3) is 2.19. The van der Waals surface area contributed by atoms with Crippen LogP contribution in [0.1, 0.15) is 30.4 Å². The quantitative estimate of drug-likeness (QED) is 0.785. The van der Waals surface area contributed by atoms with Gasteiger partial charge in [-0.3, -0.25) is 9.59 Å². The Balaban J connectivity index is 1.96. The molecular weight excluding hydrogens is 252 g/mol. The number of aryl methyl sites for hydroxylation is 2. The topological polar surface area (TPSA) is 40.6 Å². The number of carbonyl (C=O) groups excluding carboxylic acids is 2. The van der Waals surface area contributed by atoms with Crippen molar-refractivity contribution in [3.8, 4) is 0 Å². The number of rotatable bonds is 1. The minimum Gasteiger partial charge on any atom is -0.331 e. The summed E-state index contributed by atoms with van der Waals surface area (Å²) in [5.41, 5.74) is 3.22. The van der Waals surface area contributed by atoms with Gasteiger partial charge in [0, 0.05) is 25.2 Å². The van der Waals surface area contributed by atoms with Gasteiger partial charge in [-0.1, -0.05) is 6.07 Å². The second kappa shape index (κ2) is 4.93. The van der Waals surface area contributed by atoms with Crippen molar-refractivity contribution in [1.82, 2.24) is 4.90 Å². The fourth-order valence-corrected chi connectivity index (χ4v) is 3.33. The molecule has 4 nitrogen and oxygen atoms in total. The van der Waals surface area contributed by atoms with Gasteiger partial charge >= 0.3 is 0 Å². The van der Waals surface area contributed by atoms with Gasteiger partial charge in [-0.2, -0.15) is 0 Å². The van der Waals surface area contributed by atoms with Crippen molar-refractivity contribution in [2.75, 3.05) is 18.0 Å². The summed E-state index contributed by atoms with van der Waals surface area (Å²) in [5, 5.41) is 0. The highest BCUT2D eigenvalue weighted by atomic mass is 16.2. The molecule has 0 bridgehead atoms. The zero-order valence-corrected chi connectivity index (χ0v) is 12.1. The first-order valence-electron chi connectivity index (χ1n) is 7.25. The summed E-state index contributed by atoms with van der Waals surface area (Å²) in [7, 11) is 0. The van der Waals surface area contributed by atoms with Gasteiger partial charge in [0.25, 0.3) is 0 Å². The van der Waals surface area contributed by atoms with Crippen LogP contribution in [0, 0.1) is 13.8 Å². The number of amides is 2. The Hall–Kier alpha value is -1.84. The van der Waals surface area contributed by atoms with E-state index >= 15 is 0 Å². The highest BCUT2D eigenvalue weighted by Gasteiger charge is 2.39. The van der Waals surface area contributed by atoms with Gasteiger partial charge in [-0.25, -0.2) is 0 Å². The van der Waals surface area contributed by atoms with Crippen molar-refractivity contribution < 1.29 is 9.59 Å². The first-order valence-corrected chi connectivity index (χ1v) is 7.25. The molecule has 2 heterocycles. The molecule has 1 aromatic rings. The molecule has 1 atom stereocenters. The number of fused-ring (bicyclic) bond motifs is 1. The van der Waals surface area contributed by atoms with Gasteiger partial charge < -0.3 is 9.80 Å². The van der Waals surface area contributed by atoms with Gasteiger partial charge in [0.1, 0.15) is 6.04 Å². The minimum absolute atomic E-state index is 0.0818. The largest absolute Gasteiger partial charge is 0.331 e. The molecule has 20 heavy (non-hydrogen) atoms. The third-order valence-corrected chi connectivity index (χ3v) is 4.19. The Morgan fingerprint density at radius 2 is 1.75 bits per heavy atom. The molecule has 0 saturated carbocycles. The van der Waals surface area contributed by atoms with E-state index in [0.29, 0.717) is 13.0 Å². The van der Waals surface area contributed by atoms with Crippen LogP contribution >= 0.6 is 0 Å². The summed E-state index contributed by atoms with van der Waals surface area (Å²) in [5.74, 6) is 0.200. The summed E-state index contributed by atoms with van der Waals surface area (Å²) in [4.78, 5) is 28.4. The van der Waals surface area contributed by atoms with Gasteiger partial charge in [0.15, 0.2) is 0 Å². The number of hydrogen-bond donors (Lipinski definition) is 0. The molecule has 106 valence electrons. The number of anilines is 1. The normalized spacial score (nSPS) is 23.0. The molecule has 2 fully saturated rings. The Morgan fingerprint density at radius 1 is 1.05 bits per heavy atom. The van der Waals surface area contributed by atoms with Gasteiger partial charge in [-0.05, 0) is 49.9 Å². The molecule has 0 N–H and O–H groups in total. The molecule has 0 aliphatic carbocycles. The molecule has 0 aromatic heterocycles. The number of nitrogens with zero attached hydrogens (tertiary/aromatic N) is 2. The monoisotopic (exact) mass is 272 g/mol. The summed E-state index contributed by atoms with van der Waals surface area (Å²) in [6.07, 6.45) is 2.16. The van der Waals surface area contributed by atoms with E-state index in [1.165, 1.54) is 0 Å². The molecule has 1 unspecified atom stereocenters. The summed E-state index contributed by atoms with van der Waals surface area (Å²) in [6, 6.07) is 5.91. The van der Waals surface area contributed by atoms with Crippen molar-refractivity contribution >= 4 is 17.5 Å². The van der Waals surface area contributed by atoms with E-state index in [2.05, 4.69) is 6.07 Å². The first kappa shape index (κ1) is 13.2. The van der Waals surface area contributed by atoms with Gasteiger partial charge in [-0.15, -0.1) is 0 Å². The van der Waals surface area contributed by atoms with Crippen LogP contribution in [0.5, 0.6) is 0 Å². The fraction of sp³-hybridized carbons (Fsp3) is 0.500. The lowest BCUT2D eigenvalue weighted by Gasteiger charge is -2.25. The Morgan fingerprint density at radius 3 is 2.45 bits per heavy atom. The Kier molecular flexibility index (Phi) is 3.24. The minimum atomic E-state index is -0.245. The lowest BCUT2D eigenvalue weighted by molar-refractivity contribution is -0.135. The molecule has 0 spiro atoms. The van der Waals surface area contributed by atoms with E-state index in [0.717, 1.165) is 36.2 Å². The lowest BCUT2D eigenvalue weighted by Crippen LogP contribution is -2.43. The predicted octanol–water partition coefficient (Wildman–Crippen LogP) is 2.03. The number of benzene rings is 1. The summed E-state index contributed by atoms with van der Waals surface area (Å²) in [6.45, 7) is 5.29. The van der Waals surface area contributed by atoms with Crippen molar-refractivity contribution in [1.29, 1.82) is 0 Å². The molecule has 1 aromatic carbocycles. The van der Waals surface area contributed by atoms with Crippen LogP contribution < -0.4 is 4.90 Å². The molecule has 2 aliphatic heterocycles. The van der Waals surface area contributed by atoms with Gasteiger partial charge in [0.2, 0.25) is 11.8 Å². The lowest BCUT2D eigenvalue weighted by atomic mass is 10.1. The van der Waals surface area contributed by atoms with Crippen LogP contribution in [-0.2, 0) is 9.59 Å². The molecular formula is C16H20N2O2. The molecule has 3 rings (SSSR count). The standard InChI is InChI=1S/C16H20N2O2/c1-11-8-12(2)10-13(9-11)17-7-5-15(19)18-6-3-4-14(18)16(17)20/h8-10,14H,3-7H2,1-2H3. The van der Waals surface area contributed by atoms with Crippen molar-refractivity contribution in [2.45, 2.75) is 39.2 Å². The SMILES string of the molecule is Cc1cc(C)cc(N2CCC(=O)N3CCCC3C2=O)c1. The second-order valence-corrected chi connectivity index (χ2v) is 5.83. The average molecular weight is 272 g/mol. The second-order valence-electron chi connectivity index (χ2n) is 5.83. The highest BCUT2D eigenvalue weighted by molar-refractivity contribution is 6.01. The van der Waals surface area contributed by atoms with Crippen LogP contribution in [0.4, 0.5) is 5.69 Å². The van der Waals surface area contributed by atoms with E-state index in [9.17, 15) is 9.59 Å². The zero-order valence-electron chi connectivity index (χ0n) is 12.1. The molecule has 2 saturated heterocycles. The maximum Gasteiger partial charge on any atom is 0.249 e. The zero-order chi connectivity index (χ0) is 14.3. The van der Waals surface area contributed by atoms with Crippen molar-refractivity contribution in [2.24, 2.45) is 0 Å². The summed E-state index contributed by atoms with van der Waals surface area (Å²) >= 11 is 0. The van der Waals surface area contributed by atoms with Crippen LogP contribution in [0.3, 0.4) is 0 Å². The summed E-state index contributed by atoms with van der Waals surface area (Å²) < 4.78 is 0. The van der Waals surface area contributed by atoms with Crippen LogP contribution in [-0.4, -0.2) is 35.8 Å². The fourth-order valence-electron chi connectivity index (χ4n) is 3.33. The van der Waals surface area contributed by atoms with Crippen LogP contribution in [0.25, 0.3) is 0 Å². The van der Waals surface area contributed by atoms with E-state index < -0.39 is 0 Å². The third-order valence-electron chi connectivity index (χ3n) is 4.19. The molecule has 4 heteroatoms. The maximum absolute atomic E-state index is 12.7. The van der Waals surface area contributed by atoms with Crippen LogP contribution in [0.2, 0.25) is 0 Å². The average Bonchev–Trinajstić information content (AvgIpc) is 2.82.